The normalized spacial score (nSPS) is 10.5. The molecular weight excluding hydrogens is 277 g/mol. The molecule has 0 fully saturated rings. The number of allylic oxidation sites excluding steroid dienone is 1. The lowest BCUT2D eigenvalue weighted by atomic mass is 10.2. The molecule has 0 aliphatic rings. The Bertz CT molecular complexity index is 586. The van der Waals surface area contributed by atoms with Crippen molar-refractivity contribution >= 4 is 11.8 Å². The maximum absolute atomic E-state index is 12.3. The first-order valence-corrected chi connectivity index (χ1v) is 7.16. The Kier molecular flexibility index (Phi) is 5.17. The Morgan fingerprint density at radius 1 is 1.40 bits per heavy atom. The summed E-state index contributed by atoms with van der Waals surface area (Å²) in [6.45, 7) is 3.91. The number of benzene rings is 1. The molecule has 0 aliphatic carbocycles. The molecule has 20 heavy (non-hydrogen) atoms. The topological polar surface area (TPSA) is 39.9 Å². The van der Waals surface area contributed by atoms with E-state index in [9.17, 15) is 4.39 Å². The molecule has 0 saturated carbocycles. The van der Waals surface area contributed by atoms with E-state index >= 15 is 0 Å². The zero-order chi connectivity index (χ0) is 14.4. The molecule has 106 valence electrons. The SMILES string of the molecule is C=CCn1c(SCCF)nnc1-c1ccccc1OC. The van der Waals surface area contributed by atoms with E-state index in [-0.39, 0.29) is 0 Å². The smallest absolute Gasteiger partial charge is 0.191 e. The predicted octanol–water partition coefficient (Wildman–Crippen LogP) is 3.20. The summed E-state index contributed by atoms with van der Waals surface area (Å²) < 4.78 is 19.6. The first-order chi connectivity index (χ1) is 9.81. The third-order valence-corrected chi connectivity index (χ3v) is 3.60. The average molecular weight is 293 g/mol. The number of alkyl halides is 1. The second-order valence-electron chi connectivity index (χ2n) is 3.94. The van der Waals surface area contributed by atoms with Crippen LogP contribution in [-0.4, -0.2) is 34.3 Å². The standard InChI is InChI=1S/C14H16FN3OS/c1-3-9-18-13(16-17-14(18)20-10-8-15)11-6-4-5-7-12(11)19-2/h3-7H,1,8-10H2,2H3. The largest absolute Gasteiger partial charge is 0.496 e. The molecule has 2 rings (SSSR count). The fraction of sp³-hybridized carbons (Fsp3) is 0.286. The number of ether oxygens (including phenoxy) is 1. The summed E-state index contributed by atoms with van der Waals surface area (Å²) in [6.07, 6.45) is 1.77. The summed E-state index contributed by atoms with van der Waals surface area (Å²) >= 11 is 1.34. The Morgan fingerprint density at radius 2 is 2.20 bits per heavy atom. The van der Waals surface area contributed by atoms with Crippen molar-refractivity contribution in [3.05, 3.63) is 36.9 Å². The van der Waals surface area contributed by atoms with Crippen LogP contribution in [0.25, 0.3) is 11.4 Å². The van der Waals surface area contributed by atoms with Crippen LogP contribution in [0.5, 0.6) is 5.75 Å². The Morgan fingerprint density at radius 3 is 2.90 bits per heavy atom. The lowest BCUT2D eigenvalue weighted by Gasteiger charge is -2.10. The van der Waals surface area contributed by atoms with E-state index in [0.29, 0.717) is 23.3 Å². The molecule has 0 radical (unpaired) electrons. The van der Waals surface area contributed by atoms with Gasteiger partial charge in [-0.2, -0.15) is 0 Å². The van der Waals surface area contributed by atoms with Crippen LogP contribution in [0, 0.1) is 0 Å². The minimum Gasteiger partial charge on any atom is -0.496 e. The number of thioether (sulfide) groups is 1. The second kappa shape index (κ2) is 7.09. The highest BCUT2D eigenvalue weighted by Crippen LogP contribution is 2.30. The molecule has 1 aromatic heterocycles. The van der Waals surface area contributed by atoms with Crippen LogP contribution in [0.15, 0.2) is 42.1 Å². The van der Waals surface area contributed by atoms with E-state index < -0.39 is 6.67 Å². The van der Waals surface area contributed by atoms with Gasteiger partial charge in [-0.1, -0.05) is 30.0 Å². The Balaban J connectivity index is 2.45. The Labute approximate surface area is 121 Å². The van der Waals surface area contributed by atoms with Crippen molar-refractivity contribution in [2.45, 2.75) is 11.7 Å². The molecule has 1 aromatic carbocycles. The van der Waals surface area contributed by atoms with Gasteiger partial charge in [0.25, 0.3) is 0 Å². The molecule has 0 aliphatic heterocycles. The van der Waals surface area contributed by atoms with Crippen molar-refractivity contribution in [2.75, 3.05) is 19.5 Å². The van der Waals surface area contributed by atoms with Crippen molar-refractivity contribution in [2.24, 2.45) is 0 Å². The van der Waals surface area contributed by atoms with Gasteiger partial charge in [-0.3, -0.25) is 8.96 Å². The summed E-state index contributed by atoms with van der Waals surface area (Å²) in [5, 5.41) is 9.02. The van der Waals surface area contributed by atoms with Crippen molar-refractivity contribution in [1.82, 2.24) is 14.8 Å². The van der Waals surface area contributed by atoms with E-state index in [2.05, 4.69) is 16.8 Å². The fourth-order valence-electron chi connectivity index (χ4n) is 1.85. The Hall–Kier alpha value is -1.82. The van der Waals surface area contributed by atoms with E-state index in [0.717, 1.165) is 11.3 Å². The van der Waals surface area contributed by atoms with E-state index in [4.69, 9.17) is 4.74 Å². The maximum atomic E-state index is 12.3. The van der Waals surface area contributed by atoms with Gasteiger partial charge >= 0.3 is 0 Å². The van der Waals surface area contributed by atoms with Crippen molar-refractivity contribution in [3.8, 4) is 17.1 Å². The van der Waals surface area contributed by atoms with Crippen molar-refractivity contribution in [3.63, 3.8) is 0 Å². The summed E-state index contributed by atoms with van der Waals surface area (Å²) in [4.78, 5) is 0. The van der Waals surface area contributed by atoms with Gasteiger partial charge in [0.05, 0.1) is 19.3 Å². The number of nitrogens with zero attached hydrogens (tertiary/aromatic N) is 3. The molecule has 6 heteroatoms. The minimum atomic E-state index is -0.393. The van der Waals surface area contributed by atoms with Gasteiger partial charge in [0.1, 0.15) is 5.75 Å². The number of para-hydroxylation sites is 1. The van der Waals surface area contributed by atoms with Crippen LogP contribution in [0.4, 0.5) is 4.39 Å². The number of hydrogen-bond donors (Lipinski definition) is 0. The monoisotopic (exact) mass is 293 g/mol. The first kappa shape index (κ1) is 14.6. The summed E-state index contributed by atoms with van der Waals surface area (Å²) in [5.74, 6) is 1.79. The average Bonchev–Trinajstić information content (AvgIpc) is 2.88. The highest BCUT2D eigenvalue weighted by molar-refractivity contribution is 7.99. The second-order valence-corrected chi connectivity index (χ2v) is 5.01. The zero-order valence-corrected chi connectivity index (χ0v) is 12.1. The maximum Gasteiger partial charge on any atom is 0.191 e. The molecule has 4 nitrogen and oxygen atoms in total. The van der Waals surface area contributed by atoms with E-state index in [1.165, 1.54) is 11.8 Å². The highest BCUT2D eigenvalue weighted by Gasteiger charge is 2.16. The summed E-state index contributed by atoms with van der Waals surface area (Å²) in [5.41, 5.74) is 0.858. The molecule has 0 saturated heterocycles. The summed E-state index contributed by atoms with van der Waals surface area (Å²) in [7, 11) is 1.62. The number of hydrogen-bond acceptors (Lipinski definition) is 4. The van der Waals surface area contributed by atoms with E-state index in [1.54, 1.807) is 13.2 Å². The highest BCUT2D eigenvalue weighted by atomic mass is 32.2. The first-order valence-electron chi connectivity index (χ1n) is 6.18. The van der Waals surface area contributed by atoms with Crippen molar-refractivity contribution in [1.29, 1.82) is 0 Å². The molecule has 0 spiro atoms. The minimum absolute atomic E-state index is 0.362. The molecule has 0 unspecified atom stereocenters. The third-order valence-electron chi connectivity index (χ3n) is 2.68. The zero-order valence-electron chi connectivity index (χ0n) is 11.3. The lowest BCUT2D eigenvalue weighted by molar-refractivity contribution is 0.416. The fourth-order valence-corrected chi connectivity index (χ4v) is 2.52. The summed E-state index contributed by atoms with van der Waals surface area (Å²) in [6, 6.07) is 7.61. The predicted molar refractivity (Wildman–Crippen MR) is 78.9 cm³/mol. The molecule has 0 bridgehead atoms. The van der Waals surface area contributed by atoms with Crippen LogP contribution in [0.2, 0.25) is 0 Å². The van der Waals surface area contributed by atoms with Gasteiger partial charge in [-0.25, -0.2) is 0 Å². The van der Waals surface area contributed by atoms with Gasteiger partial charge in [0, 0.05) is 12.3 Å². The molecule has 1 heterocycles. The molecule has 0 N–H and O–H groups in total. The molecular formula is C14H16FN3OS. The molecule has 0 amide bonds. The van der Waals surface area contributed by atoms with Gasteiger partial charge in [-0.05, 0) is 12.1 Å². The van der Waals surface area contributed by atoms with Crippen LogP contribution < -0.4 is 4.74 Å². The van der Waals surface area contributed by atoms with E-state index in [1.807, 2.05) is 28.8 Å². The third kappa shape index (κ3) is 3.01. The lowest BCUT2D eigenvalue weighted by Crippen LogP contribution is -2.02. The van der Waals surface area contributed by atoms with Crippen LogP contribution in [0.3, 0.4) is 0 Å². The van der Waals surface area contributed by atoms with Gasteiger partial charge in [0.2, 0.25) is 0 Å². The number of halogens is 1. The molecule has 0 atom stereocenters. The van der Waals surface area contributed by atoms with Crippen LogP contribution in [-0.2, 0) is 6.54 Å². The quantitative estimate of drug-likeness (QED) is 0.580. The van der Waals surface area contributed by atoms with Crippen LogP contribution in [0.1, 0.15) is 0 Å². The van der Waals surface area contributed by atoms with Gasteiger partial charge in [0.15, 0.2) is 11.0 Å². The van der Waals surface area contributed by atoms with Gasteiger partial charge in [-0.15, -0.1) is 16.8 Å². The number of methoxy groups -OCH3 is 1. The van der Waals surface area contributed by atoms with Crippen molar-refractivity contribution < 1.29 is 9.13 Å². The van der Waals surface area contributed by atoms with Gasteiger partial charge < -0.3 is 4.74 Å². The number of rotatable bonds is 7. The van der Waals surface area contributed by atoms with Crippen LogP contribution >= 0.6 is 11.8 Å². The number of aromatic nitrogens is 3. The molecule has 2 aromatic rings.